The topological polar surface area (TPSA) is 52.0 Å². The van der Waals surface area contributed by atoms with Gasteiger partial charge in [0.15, 0.2) is 5.65 Å². The molecule has 1 saturated heterocycles. The zero-order valence-corrected chi connectivity index (χ0v) is 14.2. The third-order valence-electron chi connectivity index (χ3n) is 4.58. The van der Waals surface area contributed by atoms with Crippen molar-refractivity contribution in [3.8, 4) is 18.0 Å². The molecule has 0 aliphatic carbocycles. The Labute approximate surface area is 147 Å². The minimum absolute atomic E-state index is 0.347. The summed E-state index contributed by atoms with van der Waals surface area (Å²) >= 11 is 0. The van der Waals surface area contributed by atoms with E-state index in [9.17, 15) is 0 Å². The fraction of sp³-hybridized carbons (Fsp3) is 0.300. The van der Waals surface area contributed by atoms with Gasteiger partial charge >= 0.3 is 0 Å². The van der Waals surface area contributed by atoms with Gasteiger partial charge in [-0.25, -0.2) is 9.97 Å². The molecule has 0 radical (unpaired) electrons. The van der Waals surface area contributed by atoms with Crippen molar-refractivity contribution in [1.29, 1.82) is 0 Å². The van der Waals surface area contributed by atoms with Crippen LogP contribution in [0.15, 0.2) is 36.8 Å². The van der Waals surface area contributed by atoms with E-state index in [0.717, 1.165) is 54.2 Å². The highest BCUT2D eigenvalue weighted by molar-refractivity contribution is 5.94. The molecule has 1 aromatic carbocycles. The smallest absolute Gasteiger partial charge is 0.151 e. The van der Waals surface area contributed by atoms with Crippen LogP contribution in [0.25, 0.3) is 16.7 Å². The predicted molar refractivity (Wildman–Crippen MR) is 99.0 cm³/mol. The molecular weight excluding hydrogens is 312 g/mol. The fourth-order valence-corrected chi connectivity index (χ4v) is 3.29. The van der Waals surface area contributed by atoms with Gasteiger partial charge in [-0.3, -0.25) is 4.57 Å². The lowest BCUT2D eigenvalue weighted by Gasteiger charge is -2.23. The number of hydrogen-bond donors (Lipinski definition) is 1. The lowest BCUT2D eigenvalue weighted by Crippen LogP contribution is -2.28. The van der Waals surface area contributed by atoms with Gasteiger partial charge in [-0.2, -0.15) is 0 Å². The maximum atomic E-state index is 5.77. The van der Waals surface area contributed by atoms with Crippen LogP contribution >= 0.6 is 0 Å². The number of aryl methyl sites for hydroxylation is 1. The first-order valence-corrected chi connectivity index (χ1v) is 8.50. The van der Waals surface area contributed by atoms with Crippen LogP contribution in [0.3, 0.4) is 0 Å². The molecule has 4 rings (SSSR count). The van der Waals surface area contributed by atoms with Crippen molar-refractivity contribution in [2.75, 3.05) is 18.5 Å². The zero-order valence-electron chi connectivity index (χ0n) is 14.2. The van der Waals surface area contributed by atoms with E-state index in [2.05, 4.69) is 46.3 Å². The number of anilines is 1. The fourth-order valence-electron chi connectivity index (χ4n) is 3.29. The summed E-state index contributed by atoms with van der Waals surface area (Å²) in [5.74, 6) is 3.59. The van der Waals surface area contributed by atoms with Crippen molar-refractivity contribution in [2.45, 2.75) is 25.8 Å². The monoisotopic (exact) mass is 332 g/mol. The van der Waals surface area contributed by atoms with Gasteiger partial charge in [-0.05, 0) is 37.5 Å². The average molecular weight is 332 g/mol. The Kier molecular flexibility index (Phi) is 4.12. The molecule has 5 heteroatoms. The first-order chi connectivity index (χ1) is 12.3. The van der Waals surface area contributed by atoms with E-state index in [1.165, 1.54) is 5.56 Å². The molecular formula is C20H20N4O. The minimum Gasteiger partial charge on any atom is -0.381 e. The maximum Gasteiger partial charge on any atom is 0.151 e. The van der Waals surface area contributed by atoms with E-state index in [4.69, 9.17) is 11.2 Å². The summed E-state index contributed by atoms with van der Waals surface area (Å²) in [6.07, 6.45) is 11.3. The van der Waals surface area contributed by atoms with Crippen molar-refractivity contribution < 1.29 is 4.74 Å². The number of rotatable bonds is 3. The van der Waals surface area contributed by atoms with Gasteiger partial charge in [-0.1, -0.05) is 18.1 Å². The standard InChI is InChI=1S/C20H20N4O/c1-3-15-12-24(17-6-4-5-14(2)11-17)20-18(15)19(21-13-22-20)23-16-7-9-25-10-8-16/h1,4-6,11-13,16H,7-10H2,2H3,(H,21,22,23). The van der Waals surface area contributed by atoms with E-state index in [1.54, 1.807) is 6.33 Å². The van der Waals surface area contributed by atoms with Crippen LogP contribution in [-0.2, 0) is 4.74 Å². The van der Waals surface area contributed by atoms with Gasteiger partial charge in [0.2, 0.25) is 0 Å². The lowest BCUT2D eigenvalue weighted by molar-refractivity contribution is 0.0904. The first kappa shape index (κ1) is 15.7. The maximum absolute atomic E-state index is 5.77. The van der Waals surface area contributed by atoms with Crippen molar-refractivity contribution in [1.82, 2.24) is 14.5 Å². The highest BCUT2D eigenvalue weighted by atomic mass is 16.5. The average Bonchev–Trinajstić information content (AvgIpc) is 3.02. The number of fused-ring (bicyclic) bond motifs is 1. The van der Waals surface area contributed by atoms with Crippen molar-refractivity contribution in [3.63, 3.8) is 0 Å². The Hall–Kier alpha value is -2.84. The molecule has 0 unspecified atom stereocenters. The predicted octanol–water partition coefficient (Wildman–Crippen LogP) is 3.30. The Morgan fingerprint density at radius 3 is 2.88 bits per heavy atom. The molecule has 1 aliphatic rings. The van der Waals surface area contributed by atoms with Crippen LogP contribution in [0.4, 0.5) is 5.82 Å². The summed E-state index contributed by atoms with van der Waals surface area (Å²) in [6.45, 7) is 3.63. The molecule has 1 N–H and O–H groups in total. The first-order valence-electron chi connectivity index (χ1n) is 8.50. The highest BCUT2D eigenvalue weighted by Crippen LogP contribution is 2.29. The summed E-state index contributed by atoms with van der Waals surface area (Å²) in [4.78, 5) is 8.96. The van der Waals surface area contributed by atoms with Gasteiger partial charge in [0.25, 0.3) is 0 Å². The van der Waals surface area contributed by atoms with E-state index in [1.807, 2.05) is 16.8 Å². The van der Waals surface area contributed by atoms with Gasteiger partial charge in [0.05, 0.1) is 10.9 Å². The second kappa shape index (κ2) is 6.58. The molecule has 3 heterocycles. The molecule has 5 nitrogen and oxygen atoms in total. The minimum atomic E-state index is 0.347. The van der Waals surface area contributed by atoms with E-state index < -0.39 is 0 Å². The zero-order chi connectivity index (χ0) is 17.2. The Bertz CT molecular complexity index is 948. The van der Waals surface area contributed by atoms with Crippen molar-refractivity contribution in [2.24, 2.45) is 0 Å². The second-order valence-corrected chi connectivity index (χ2v) is 6.35. The number of terminal acetylenes is 1. The normalized spacial score (nSPS) is 15.2. The summed E-state index contributed by atoms with van der Waals surface area (Å²) in [5.41, 5.74) is 3.85. The van der Waals surface area contributed by atoms with Gasteiger partial charge < -0.3 is 10.1 Å². The number of ether oxygens (including phenoxy) is 1. The summed E-state index contributed by atoms with van der Waals surface area (Å²) in [7, 11) is 0. The van der Waals surface area contributed by atoms with Crippen LogP contribution in [0.5, 0.6) is 0 Å². The third-order valence-corrected chi connectivity index (χ3v) is 4.58. The molecule has 1 fully saturated rings. The van der Waals surface area contributed by atoms with Crippen molar-refractivity contribution in [3.05, 3.63) is 47.9 Å². The number of nitrogens with zero attached hydrogens (tertiary/aromatic N) is 3. The van der Waals surface area contributed by atoms with Gasteiger partial charge in [-0.15, -0.1) is 6.42 Å². The van der Waals surface area contributed by atoms with Crippen LogP contribution in [0, 0.1) is 19.3 Å². The van der Waals surface area contributed by atoms with Crippen LogP contribution < -0.4 is 5.32 Å². The third kappa shape index (κ3) is 2.97. The van der Waals surface area contributed by atoms with E-state index in [-0.39, 0.29) is 0 Å². The molecule has 0 amide bonds. The number of aromatic nitrogens is 3. The van der Waals surface area contributed by atoms with Crippen LogP contribution in [0.2, 0.25) is 0 Å². The number of hydrogen-bond acceptors (Lipinski definition) is 4. The molecule has 3 aromatic rings. The SMILES string of the molecule is C#Cc1cn(-c2cccc(C)c2)c2ncnc(NC3CCOCC3)c12. The molecule has 2 aromatic heterocycles. The highest BCUT2D eigenvalue weighted by Gasteiger charge is 2.19. The number of benzene rings is 1. The largest absolute Gasteiger partial charge is 0.381 e. The molecule has 25 heavy (non-hydrogen) atoms. The molecule has 0 atom stereocenters. The van der Waals surface area contributed by atoms with E-state index in [0.29, 0.717) is 6.04 Å². The molecule has 1 aliphatic heterocycles. The molecule has 0 bridgehead atoms. The Morgan fingerprint density at radius 2 is 2.12 bits per heavy atom. The summed E-state index contributed by atoms with van der Waals surface area (Å²) < 4.78 is 7.47. The van der Waals surface area contributed by atoms with E-state index >= 15 is 0 Å². The van der Waals surface area contributed by atoms with Crippen molar-refractivity contribution >= 4 is 16.9 Å². The number of nitrogens with one attached hydrogen (secondary N) is 1. The summed E-state index contributed by atoms with van der Waals surface area (Å²) in [5, 5.41) is 4.44. The molecule has 0 spiro atoms. The molecule has 126 valence electrons. The second-order valence-electron chi connectivity index (χ2n) is 6.35. The summed E-state index contributed by atoms with van der Waals surface area (Å²) in [6, 6.07) is 8.63. The Morgan fingerprint density at radius 1 is 1.28 bits per heavy atom. The lowest BCUT2D eigenvalue weighted by atomic mass is 10.1. The quantitative estimate of drug-likeness (QED) is 0.748. The van der Waals surface area contributed by atoms with Gasteiger partial charge in [0, 0.05) is 31.1 Å². The van der Waals surface area contributed by atoms with Crippen LogP contribution in [-0.4, -0.2) is 33.8 Å². The Balaban J connectivity index is 1.82. The molecule has 0 saturated carbocycles. The van der Waals surface area contributed by atoms with Crippen LogP contribution in [0.1, 0.15) is 24.0 Å². The van der Waals surface area contributed by atoms with Gasteiger partial charge in [0.1, 0.15) is 12.1 Å².